The lowest BCUT2D eigenvalue weighted by Crippen LogP contribution is -2.08. The minimum atomic E-state index is -0.299. The Kier molecular flexibility index (Phi) is 4.22. The average Bonchev–Trinajstić information content (AvgIpc) is 3.19. The molecule has 3 heterocycles. The van der Waals surface area contributed by atoms with Gasteiger partial charge in [0.05, 0.1) is 16.6 Å². The lowest BCUT2D eigenvalue weighted by Gasteiger charge is -2.08. The molecule has 2 aromatic carbocycles. The van der Waals surface area contributed by atoms with Crippen molar-refractivity contribution in [2.45, 2.75) is 0 Å². The summed E-state index contributed by atoms with van der Waals surface area (Å²) in [7, 11) is 0. The number of H-pyrrole nitrogens is 1. The zero-order chi connectivity index (χ0) is 19.8. The average molecular weight is 396 g/mol. The van der Waals surface area contributed by atoms with Crippen LogP contribution in [0.15, 0.2) is 89.2 Å². The van der Waals surface area contributed by atoms with Crippen LogP contribution in [-0.4, -0.2) is 15.1 Å². The van der Waals surface area contributed by atoms with Crippen LogP contribution in [0.5, 0.6) is 5.75 Å². The third-order valence-electron chi connectivity index (χ3n) is 4.93. The van der Waals surface area contributed by atoms with Gasteiger partial charge in [0.25, 0.3) is 5.56 Å². The fraction of sp³-hybridized carbons (Fsp3) is 0. The number of hydrogen-bond acceptors (Lipinski definition) is 4. The molecule has 0 fully saturated rings. The molecule has 0 radical (unpaired) electrons. The smallest absolute Gasteiger partial charge is 0.260 e. The van der Waals surface area contributed by atoms with E-state index in [1.807, 2.05) is 78.2 Å². The van der Waals surface area contributed by atoms with Gasteiger partial charge in [-0.05, 0) is 11.6 Å². The number of aromatic nitrogens is 2. The molecule has 0 saturated carbocycles. The Morgan fingerprint density at radius 3 is 2.17 bits per heavy atom. The number of benzene rings is 2. The number of aromatic amines is 1. The molecule has 0 amide bonds. The molecule has 0 spiro atoms. The van der Waals surface area contributed by atoms with Gasteiger partial charge in [0, 0.05) is 28.3 Å². The second-order valence-electron chi connectivity index (χ2n) is 6.70. The van der Waals surface area contributed by atoms with E-state index in [9.17, 15) is 9.90 Å². The lowest BCUT2D eigenvalue weighted by atomic mass is 10.0. The Morgan fingerprint density at radius 1 is 0.828 bits per heavy atom. The van der Waals surface area contributed by atoms with Gasteiger partial charge >= 0.3 is 0 Å². The zero-order valence-electron chi connectivity index (χ0n) is 15.3. The molecule has 5 aromatic rings. The summed E-state index contributed by atoms with van der Waals surface area (Å²) in [6, 6.07) is 23.1. The van der Waals surface area contributed by atoms with Crippen molar-refractivity contribution in [1.29, 1.82) is 0 Å². The van der Waals surface area contributed by atoms with Gasteiger partial charge in [-0.25, -0.2) is 0 Å². The maximum atomic E-state index is 12.6. The minimum Gasteiger partial charge on any atom is -0.506 e. The number of nitrogens with one attached hydrogen (secondary N) is 1. The largest absolute Gasteiger partial charge is 0.506 e. The fourth-order valence-electron chi connectivity index (χ4n) is 3.50. The normalized spacial score (nSPS) is 11.0. The van der Waals surface area contributed by atoms with Crippen LogP contribution in [-0.2, 0) is 0 Å². The molecule has 0 unspecified atom stereocenters. The first-order valence-corrected chi connectivity index (χ1v) is 10.0. The van der Waals surface area contributed by atoms with Crippen molar-refractivity contribution >= 4 is 21.6 Å². The summed E-state index contributed by atoms with van der Waals surface area (Å²) >= 11 is 1.40. The standard InChI is InChI=1S/C24H16N2O2S/c27-22-20(16-9-5-2-6-10-16)23(28)26-24-21(22)18(14-29-24)17-11-12-19(25-13-17)15-7-3-1-4-8-15/h1-14H,(H2,26,27,28). The Balaban J connectivity index is 1.66. The molecule has 29 heavy (non-hydrogen) atoms. The number of fused-ring (bicyclic) bond motifs is 1. The predicted octanol–water partition coefficient (Wildman–Crippen LogP) is 5.69. The van der Waals surface area contributed by atoms with E-state index in [1.165, 1.54) is 11.3 Å². The summed E-state index contributed by atoms with van der Waals surface area (Å²) in [6.07, 6.45) is 1.80. The van der Waals surface area contributed by atoms with Gasteiger partial charge in [-0.15, -0.1) is 11.3 Å². The first-order valence-electron chi connectivity index (χ1n) is 9.16. The summed E-state index contributed by atoms with van der Waals surface area (Å²) in [4.78, 5) is 20.7. The summed E-state index contributed by atoms with van der Waals surface area (Å²) in [5.74, 6) is -0.00154. The second-order valence-corrected chi connectivity index (χ2v) is 7.58. The number of nitrogens with zero attached hydrogens (tertiary/aromatic N) is 1. The van der Waals surface area contributed by atoms with Crippen LogP contribution in [0.3, 0.4) is 0 Å². The van der Waals surface area contributed by atoms with Gasteiger partial charge < -0.3 is 10.1 Å². The van der Waals surface area contributed by atoms with Crippen LogP contribution in [0, 0.1) is 0 Å². The summed E-state index contributed by atoms with van der Waals surface area (Å²) in [6.45, 7) is 0. The fourth-order valence-corrected chi connectivity index (χ4v) is 4.47. The SMILES string of the molecule is O=c1[nH]c2scc(-c3ccc(-c4ccccc4)nc3)c2c(O)c1-c1ccccc1. The molecule has 0 aliphatic rings. The Morgan fingerprint density at radius 2 is 1.52 bits per heavy atom. The molecule has 0 aliphatic carbocycles. The van der Waals surface area contributed by atoms with Crippen molar-refractivity contribution in [3.8, 4) is 39.3 Å². The van der Waals surface area contributed by atoms with E-state index in [4.69, 9.17) is 0 Å². The van der Waals surface area contributed by atoms with E-state index >= 15 is 0 Å². The molecule has 2 N–H and O–H groups in total. The highest BCUT2D eigenvalue weighted by molar-refractivity contribution is 7.17. The molecule has 4 nitrogen and oxygen atoms in total. The van der Waals surface area contributed by atoms with Gasteiger partial charge in [0.2, 0.25) is 0 Å². The Hall–Kier alpha value is -3.70. The highest BCUT2D eigenvalue weighted by atomic mass is 32.1. The highest BCUT2D eigenvalue weighted by Gasteiger charge is 2.19. The van der Waals surface area contributed by atoms with Crippen molar-refractivity contribution < 1.29 is 5.11 Å². The van der Waals surface area contributed by atoms with Crippen molar-refractivity contribution in [2.24, 2.45) is 0 Å². The van der Waals surface area contributed by atoms with E-state index in [2.05, 4.69) is 9.97 Å². The van der Waals surface area contributed by atoms with Crippen LogP contribution in [0.25, 0.3) is 43.7 Å². The van der Waals surface area contributed by atoms with Crippen LogP contribution >= 0.6 is 11.3 Å². The highest BCUT2D eigenvalue weighted by Crippen LogP contribution is 2.41. The van der Waals surface area contributed by atoms with Crippen LogP contribution < -0.4 is 5.56 Å². The van der Waals surface area contributed by atoms with E-state index in [0.29, 0.717) is 15.8 Å². The van der Waals surface area contributed by atoms with Crippen LogP contribution in [0.4, 0.5) is 0 Å². The molecule has 3 aromatic heterocycles. The maximum Gasteiger partial charge on any atom is 0.260 e. The van der Waals surface area contributed by atoms with E-state index < -0.39 is 0 Å². The number of rotatable bonds is 3. The molecular formula is C24H16N2O2S. The minimum absolute atomic E-state index is 0.00154. The monoisotopic (exact) mass is 396 g/mol. The van der Waals surface area contributed by atoms with Crippen molar-refractivity contribution in [2.75, 3.05) is 0 Å². The quantitative estimate of drug-likeness (QED) is 0.412. The zero-order valence-corrected chi connectivity index (χ0v) is 16.1. The topological polar surface area (TPSA) is 66.0 Å². The third kappa shape index (κ3) is 3.02. The van der Waals surface area contributed by atoms with Crippen molar-refractivity contribution in [3.63, 3.8) is 0 Å². The molecule has 140 valence electrons. The summed E-state index contributed by atoms with van der Waals surface area (Å²) in [5.41, 5.74) is 4.34. The lowest BCUT2D eigenvalue weighted by molar-refractivity contribution is 0.483. The van der Waals surface area contributed by atoms with Gasteiger partial charge in [0.15, 0.2) is 0 Å². The molecule has 0 aliphatic heterocycles. The van der Waals surface area contributed by atoms with Crippen molar-refractivity contribution in [1.82, 2.24) is 9.97 Å². The van der Waals surface area contributed by atoms with Crippen molar-refractivity contribution in [3.05, 3.63) is 94.7 Å². The van der Waals surface area contributed by atoms with Gasteiger partial charge in [-0.2, -0.15) is 0 Å². The van der Waals surface area contributed by atoms with Gasteiger partial charge in [-0.1, -0.05) is 66.7 Å². The van der Waals surface area contributed by atoms with Gasteiger partial charge in [0.1, 0.15) is 10.6 Å². The number of aromatic hydroxyl groups is 1. The predicted molar refractivity (Wildman–Crippen MR) is 118 cm³/mol. The molecule has 5 rings (SSSR count). The Labute approximate surface area is 170 Å². The van der Waals surface area contributed by atoms with Crippen LogP contribution in [0.2, 0.25) is 0 Å². The maximum absolute atomic E-state index is 12.6. The molecule has 0 bridgehead atoms. The van der Waals surface area contributed by atoms with Crippen LogP contribution in [0.1, 0.15) is 0 Å². The van der Waals surface area contributed by atoms with Gasteiger partial charge in [-0.3, -0.25) is 9.78 Å². The third-order valence-corrected chi connectivity index (χ3v) is 5.82. The summed E-state index contributed by atoms with van der Waals surface area (Å²) < 4.78 is 0. The Bertz CT molecular complexity index is 1360. The summed E-state index contributed by atoms with van der Waals surface area (Å²) in [5, 5.41) is 13.6. The number of hydrogen-bond donors (Lipinski definition) is 2. The molecule has 5 heteroatoms. The molecule has 0 atom stereocenters. The molecular weight excluding hydrogens is 380 g/mol. The molecule has 0 saturated heterocycles. The van der Waals surface area contributed by atoms with E-state index in [0.717, 1.165) is 22.4 Å². The first kappa shape index (κ1) is 17.4. The second kappa shape index (κ2) is 7.04. The number of pyridine rings is 2. The number of thiophene rings is 1. The van der Waals surface area contributed by atoms with E-state index in [1.54, 1.807) is 6.20 Å². The first-order chi connectivity index (χ1) is 14.2. The van der Waals surface area contributed by atoms with E-state index in [-0.39, 0.29) is 16.9 Å².